The van der Waals surface area contributed by atoms with Crippen molar-refractivity contribution in [1.82, 2.24) is 14.8 Å². The largest absolute Gasteiger partial charge is 0.381 e. The molecular weight excluding hydrogens is 224 g/mol. The van der Waals surface area contributed by atoms with Gasteiger partial charge >= 0.3 is 0 Å². The highest BCUT2D eigenvalue weighted by Gasteiger charge is 2.10. The quantitative estimate of drug-likeness (QED) is 0.891. The molecule has 0 amide bonds. The molecule has 0 aliphatic carbocycles. The van der Waals surface area contributed by atoms with Crippen molar-refractivity contribution in [2.24, 2.45) is 0 Å². The lowest BCUT2D eigenvalue weighted by molar-refractivity contribution is 0.859. The SMILES string of the molecule is CC(C)Nc1cccc(Cl)c1-n1cncn1. The predicted molar refractivity (Wildman–Crippen MR) is 65.1 cm³/mol. The predicted octanol–water partition coefficient (Wildman–Crippen LogP) is 2.74. The Labute approximate surface area is 99.3 Å². The van der Waals surface area contributed by atoms with Gasteiger partial charge in [0.1, 0.15) is 18.3 Å². The van der Waals surface area contributed by atoms with E-state index in [1.807, 2.05) is 18.2 Å². The lowest BCUT2D eigenvalue weighted by Crippen LogP contribution is -2.12. The molecule has 0 aliphatic heterocycles. The molecule has 0 fully saturated rings. The van der Waals surface area contributed by atoms with E-state index in [-0.39, 0.29) is 0 Å². The van der Waals surface area contributed by atoms with Crippen molar-refractivity contribution in [2.75, 3.05) is 5.32 Å². The number of para-hydroxylation sites is 1. The van der Waals surface area contributed by atoms with Crippen LogP contribution in [0.1, 0.15) is 13.8 Å². The zero-order valence-electron chi connectivity index (χ0n) is 9.18. The standard InChI is InChI=1S/C11H13ClN4/c1-8(2)15-10-5-3-4-9(12)11(10)16-7-13-6-14-16/h3-8,15H,1-2H3. The molecule has 2 rings (SSSR count). The summed E-state index contributed by atoms with van der Waals surface area (Å²) in [6.07, 6.45) is 3.12. The molecule has 1 N–H and O–H groups in total. The van der Waals surface area contributed by atoms with E-state index < -0.39 is 0 Å². The molecule has 5 heteroatoms. The molecule has 0 atom stereocenters. The highest BCUT2D eigenvalue weighted by atomic mass is 35.5. The smallest absolute Gasteiger partial charge is 0.138 e. The molecule has 0 saturated heterocycles. The van der Waals surface area contributed by atoms with E-state index in [1.54, 1.807) is 11.0 Å². The summed E-state index contributed by atoms with van der Waals surface area (Å²) in [7, 11) is 0. The molecule has 16 heavy (non-hydrogen) atoms. The molecule has 84 valence electrons. The van der Waals surface area contributed by atoms with Gasteiger partial charge in [0.2, 0.25) is 0 Å². The minimum atomic E-state index is 0.334. The Bertz CT molecular complexity index is 465. The Morgan fingerprint density at radius 2 is 2.19 bits per heavy atom. The van der Waals surface area contributed by atoms with E-state index in [2.05, 4.69) is 29.2 Å². The Kier molecular flexibility index (Phi) is 3.10. The topological polar surface area (TPSA) is 42.7 Å². The van der Waals surface area contributed by atoms with Gasteiger partial charge in [-0.2, -0.15) is 5.10 Å². The van der Waals surface area contributed by atoms with Crippen molar-refractivity contribution < 1.29 is 0 Å². The van der Waals surface area contributed by atoms with Crippen LogP contribution >= 0.6 is 11.6 Å². The molecule has 4 nitrogen and oxygen atoms in total. The fraction of sp³-hybridized carbons (Fsp3) is 0.273. The minimum Gasteiger partial charge on any atom is -0.381 e. The summed E-state index contributed by atoms with van der Waals surface area (Å²) in [5.74, 6) is 0. The zero-order valence-corrected chi connectivity index (χ0v) is 9.94. The third-order valence-electron chi connectivity index (χ3n) is 2.08. The first-order valence-electron chi connectivity index (χ1n) is 5.08. The van der Waals surface area contributed by atoms with E-state index in [9.17, 15) is 0 Å². The van der Waals surface area contributed by atoms with Crippen LogP contribution in [0.5, 0.6) is 0 Å². The van der Waals surface area contributed by atoms with Crippen molar-refractivity contribution in [3.63, 3.8) is 0 Å². The molecule has 0 aliphatic rings. The van der Waals surface area contributed by atoms with Crippen LogP contribution < -0.4 is 5.32 Å². The number of hydrogen-bond acceptors (Lipinski definition) is 3. The summed E-state index contributed by atoms with van der Waals surface area (Å²) in [4.78, 5) is 3.93. The molecule has 0 bridgehead atoms. The summed E-state index contributed by atoms with van der Waals surface area (Å²) < 4.78 is 1.66. The second kappa shape index (κ2) is 4.53. The fourth-order valence-corrected chi connectivity index (χ4v) is 1.76. The average Bonchev–Trinajstić information content (AvgIpc) is 2.69. The van der Waals surface area contributed by atoms with E-state index in [1.165, 1.54) is 6.33 Å². The van der Waals surface area contributed by atoms with Gasteiger partial charge < -0.3 is 5.32 Å². The molecular formula is C11H13ClN4. The van der Waals surface area contributed by atoms with E-state index in [0.29, 0.717) is 11.1 Å². The Morgan fingerprint density at radius 1 is 1.38 bits per heavy atom. The maximum atomic E-state index is 6.18. The Balaban J connectivity index is 2.49. The lowest BCUT2D eigenvalue weighted by atomic mass is 10.2. The van der Waals surface area contributed by atoms with Gasteiger partial charge in [0.05, 0.1) is 10.7 Å². The Hall–Kier alpha value is -1.55. The maximum Gasteiger partial charge on any atom is 0.138 e. The normalized spacial score (nSPS) is 10.8. The number of nitrogens with zero attached hydrogens (tertiary/aromatic N) is 3. The molecule has 1 aromatic heterocycles. The van der Waals surface area contributed by atoms with Gasteiger partial charge in [-0.05, 0) is 26.0 Å². The van der Waals surface area contributed by atoms with Crippen LogP contribution in [-0.2, 0) is 0 Å². The molecule has 1 heterocycles. The van der Waals surface area contributed by atoms with E-state index in [4.69, 9.17) is 11.6 Å². The Morgan fingerprint density at radius 3 is 2.81 bits per heavy atom. The third kappa shape index (κ3) is 2.17. The lowest BCUT2D eigenvalue weighted by Gasteiger charge is -2.15. The zero-order chi connectivity index (χ0) is 11.5. The molecule has 0 radical (unpaired) electrons. The first kappa shape index (κ1) is 11.0. The van der Waals surface area contributed by atoms with E-state index in [0.717, 1.165) is 11.4 Å². The van der Waals surface area contributed by atoms with Crippen LogP contribution in [0.25, 0.3) is 5.69 Å². The van der Waals surface area contributed by atoms with Crippen molar-refractivity contribution in [3.05, 3.63) is 35.9 Å². The third-order valence-corrected chi connectivity index (χ3v) is 2.38. The van der Waals surface area contributed by atoms with Gasteiger partial charge in [-0.15, -0.1) is 0 Å². The second-order valence-electron chi connectivity index (χ2n) is 3.78. The summed E-state index contributed by atoms with van der Waals surface area (Å²) in [5, 5.41) is 8.07. The number of anilines is 1. The number of benzene rings is 1. The van der Waals surface area contributed by atoms with Gasteiger partial charge in [-0.1, -0.05) is 17.7 Å². The summed E-state index contributed by atoms with van der Waals surface area (Å²) in [5.41, 5.74) is 1.78. The van der Waals surface area contributed by atoms with Crippen LogP contribution in [-0.4, -0.2) is 20.8 Å². The fourth-order valence-electron chi connectivity index (χ4n) is 1.50. The van der Waals surface area contributed by atoms with Crippen LogP contribution in [0.15, 0.2) is 30.9 Å². The maximum absolute atomic E-state index is 6.18. The molecule has 0 saturated carbocycles. The molecule has 1 aromatic carbocycles. The van der Waals surface area contributed by atoms with E-state index >= 15 is 0 Å². The second-order valence-corrected chi connectivity index (χ2v) is 4.18. The number of aromatic nitrogens is 3. The number of halogens is 1. The van der Waals surface area contributed by atoms with Crippen LogP contribution in [0.4, 0.5) is 5.69 Å². The van der Waals surface area contributed by atoms with Crippen LogP contribution in [0.3, 0.4) is 0 Å². The summed E-state index contributed by atoms with van der Waals surface area (Å²) in [6, 6.07) is 6.06. The summed E-state index contributed by atoms with van der Waals surface area (Å²) >= 11 is 6.18. The number of hydrogen-bond donors (Lipinski definition) is 1. The van der Waals surface area contributed by atoms with Crippen molar-refractivity contribution in [1.29, 1.82) is 0 Å². The summed E-state index contributed by atoms with van der Waals surface area (Å²) in [6.45, 7) is 4.15. The number of nitrogens with one attached hydrogen (secondary N) is 1. The molecule has 2 aromatic rings. The highest BCUT2D eigenvalue weighted by Crippen LogP contribution is 2.27. The number of rotatable bonds is 3. The molecule has 0 unspecified atom stereocenters. The monoisotopic (exact) mass is 236 g/mol. The minimum absolute atomic E-state index is 0.334. The highest BCUT2D eigenvalue weighted by molar-refractivity contribution is 6.33. The molecule has 0 spiro atoms. The van der Waals surface area contributed by atoms with Crippen molar-refractivity contribution in [3.8, 4) is 5.69 Å². The average molecular weight is 237 g/mol. The van der Waals surface area contributed by atoms with Crippen LogP contribution in [0, 0.1) is 0 Å². The van der Waals surface area contributed by atoms with Crippen molar-refractivity contribution in [2.45, 2.75) is 19.9 Å². The first-order chi connectivity index (χ1) is 7.68. The van der Waals surface area contributed by atoms with Crippen molar-refractivity contribution >= 4 is 17.3 Å². The van der Waals surface area contributed by atoms with Gasteiger partial charge in [0, 0.05) is 6.04 Å². The van der Waals surface area contributed by atoms with Gasteiger partial charge in [0.25, 0.3) is 0 Å². The van der Waals surface area contributed by atoms with Gasteiger partial charge in [-0.3, -0.25) is 0 Å². The van der Waals surface area contributed by atoms with Gasteiger partial charge in [-0.25, -0.2) is 9.67 Å². The van der Waals surface area contributed by atoms with Crippen LogP contribution in [0.2, 0.25) is 5.02 Å². The van der Waals surface area contributed by atoms with Gasteiger partial charge in [0.15, 0.2) is 0 Å². The first-order valence-corrected chi connectivity index (χ1v) is 5.46.